The number of H-pyrrole nitrogens is 2. The molecule has 12 heteroatoms. The van der Waals surface area contributed by atoms with Gasteiger partial charge in [0, 0.05) is 13.1 Å². The molecule has 1 aliphatic rings. The minimum atomic E-state index is -0.596. The lowest BCUT2D eigenvalue weighted by atomic mass is 10.3. The number of hydrogen-bond acceptors (Lipinski definition) is 9. The van der Waals surface area contributed by atoms with Crippen LogP contribution in [0.15, 0.2) is 16.6 Å². The molecular formula is C14H18N8O4. The second kappa shape index (κ2) is 7.74. The summed E-state index contributed by atoms with van der Waals surface area (Å²) in [6, 6.07) is 0. The first kappa shape index (κ1) is 17.5. The van der Waals surface area contributed by atoms with E-state index in [1.165, 1.54) is 6.33 Å². The van der Waals surface area contributed by atoms with Crippen LogP contribution >= 0.6 is 0 Å². The Morgan fingerprint density at radius 2 is 2.12 bits per heavy atom. The number of nitrogens with one attached hydrogen (secondary N) is 2. The Balaban J connectivity index is 1.75. The van der Waals surface area contributed by atoms with Gasteiger partial charge in [0.15, 0.2) is 11.5 Å². The zero-order valence-corrected chi connectivity index (χ0v) is 14.1. The maximum absolute atomic E-state index is 12.5. The molecule has 12 nitrogen and oxygen atoms in total. The smallest absolute Gasteiger partial charge is 0.358 e. The van der Waals surface area contributed by atoms with Crippen LogP contribution in [-0.2, 0) is 9.47 Å². The summed E-state index contributed by atoms with van der Waals surface area (Å²) in [4.78, 5) is 39.1. The lowest BCUT2D eigenvalue weighted by molar-refractivity contribution is 0.0300. The van der Waals surface area contributed by atoms with Gasteiger partial charge in [-0.2, -0.15) is 4.98 Å². The minimum absolute atomic E-state index is 0.0167. The van der Waals surface area contributed by atoms with Gasteiger partial charge in [-0.05, 0) is 6.92 Å². The van der Waals surface area contributed by atoms with Gasteiger partial charge in [-0.1, -0.05) is 0 Å². The van der Waals surface area contributed by atoms with Gasteiger partial charge < -0.3 is 30.1 Å². The topological polar surface area (TPSA) is 164 Å². The number of azo groups is 1. The van der Waals surface area contributed by atoms with Gasteiger partial charge in [0.1, 0.15) is 5.69 Å². The molecular weight excluding hydrogens is 344 g/mol. The van der Waals surface area contributed by atoms with E-state index in [-0.39, 0.29) is 41.5 Å². The highest BCUT2D eigenvalue weighted by molar-refractivity contribution is 5.97. The van der Waals surface area contributed by atoms with Crippen LogP contribution in [-0.4, -0.2) is 69.6 Å². The Labute approximate surface area is 147 Å². The second-order valence-corrected chi connectivity index (χ2v) is 5.25. The monoisotopic (exact) mass is 362 g/mol. The lowest BCUT2D eigenvalue weighted by Crippen LogP contribution is -2.41. The molecule has 0 atom stereocenters. The number of nitrogens with zero attached hydrogens (tertiary/aromatic N) is 5. The van der Waals surface area contributed by atoms with Crippen molar-refractivity contribution in [3.63, 3.8) is 0 Å². The molecule has 1 aliphatic heterocycles. The van der Waals surface area contributed by atoms with Crippen molar-refractivity contribution < 1.29 is 19.1 Å². The number of rotatable bonds is 5. The van der Waals surface area contributed by atoms with Crippen molar-refractivity contribution in [3.8, 4) is 0 Å². The summed E-state index contributed by atoms with van der Waals surface area (Å²) in [6.07, 6.45) is 1.30. The molecule has 4 N–H and O–H groups in total. The maximum Gasteiger partial charge on any atom is 0.358 e. The van der Waals surface area contributed by atoms with Crippen molar-refractivity contribution >= 4 is 29.5 Å². The molecule has 3 heterocycles. The van der Waals surface area contributed by atoms with Crippen LogP contribution in [0.2, 0.25) is 0 Å². The van der Waals surface area contributed by atoms with E-state index in [2.05, 4.69) is 30.2 Å². The van der Waals surface area contributed by atoms with E-state index in [9.17, 15) is 9.59 Å². The fourth-order valence-electron chi connectivity index (χ4n) is 2.32. The maximum atomic E-state index is 12.5. The van der Waals surface area contributed by atoms with E-state index in [4.69, 9.17) is 15.2 Å². The number of aromatic amines is 2. The number of ether oxygens (including phenoxy) is 2. The molecule has 0 bridgehead atoms. The third-order valence-electron chi connectivity index (χ3n) is 3.57. The van der Waals surface area contributed by atoms with E-state index >= 15 is 0 Å². The Bertz CT molecular complexity index is 821. The number of nitrogens with two attached hydrogens (primary N) is 1. The third-order valence-corrected chi connectivity index (χ3v) is 3.57. The predicted molar refractivity (Wildman–Crippen MR) is 88.4 cm³/mol. The quantitative estimate of drug-likeness (QED) is 0.522. The summed E-state index contributed by atoms with van der Waals surface area (Å²) in [6.45, 7) is 3.81. The number of imidazole rings is 2. The largest absolute Gasteiger partial charge is 0.461 e. The van der Waals surface area contributed by atoms with E-state index < -0.39 is 5.97 Å². The Morgan fingerprint density at radius 1 is 1.35 bits per heavy atom. The number of esters is 1. The van der Waals surface area contributed by atoms with Crippen molar-refractivity contribution in [3.05, 3.63) is 17.7 Å². The van der Waals surface area contributed by atoms with Crippen molar-refractivity contribution in [2.45, 2.75) is 6.92 Å². The van der Waals surface area contributed by atoms with Crippen LogP contribution in [0, 0.1) is 0 Å². The van der Waals surface area contributed by atoms with Gasteiger partial charge >= 0.3 is 5.97 Å². The highest BCUT2D eigenvalue weighted by Crippen LogP contribution is 2.21. The number of carbonyl (C=O) groups excluding carboxylic acids is 2. The van der Waals surface area contributed by atoms with Crippen LogP contribution in [0.1, 0.15) is 27.9 Å². The first-order valence-electron chi connectivity index (χ1n) is 7.95. The molecule has 0 aliphatic carbocycles. The molecule has 26 heavy (non-hydrogen) atoms. The van der Waals surface area contributed by atoms with E-state index in [1.54, 1.807) is 11.8 Å². The fourth-order valence-corrected chi connectivity index (χ4v) is 2.32. The Kier molecular flexibility index (Phi) is 5.22. The molecule has 0 spiro atoms. The van der Waals surface area contributed by atoms with Crippen molar-refractivity contribution in [1.82, 2.24) is 24.8 Å². The average Bonchev–Trinajstić information content (AvgIpc) is 3.26. The SMILES string of the molecule is CCOC(=O)c1[nH]cnc1/N=N/c1nc(N)c(C(=O)N2CCOCC2)[nH]1. The van der Waals surface area contributed by atoms with E-state index in [0.29, 0.717) is 26.3 Å². The number of hydrogen-bond donors (Lipinski definition) is 3. The summed E-state index contributed by atoms with van der Waals surface area (Å²) < 4.78 is 10.1. The predicted octanol–water partition coefficient (Wildman–Crippen LogP) is 0.779. The highest BCUT2D eigenvalue weighted by Gasteiger charge is 2.23. The zero-order valence-electron chi connectivity index (χ0n) is 14.1. The van der Waals surface area contributed by atoms with Gasteiger partial charge in [-0.15, -0.1) is 10.2 Å². The number of nitrogen functional groups attached to an aromatic ring is 1. The van der Waals surface area contributed by atoms with Gasteiger partial charge in [0.2, 0.25) is 11.8 Å². The standard InChI is InChI=1S/C14H18N8O4/c1-2-26-13(24)9-11(17-7-16-9)20-21-14-18-8(10(15)19-14)12(23)22-3-5-25-6-4-22/h7H,2-6,15H2,1H3,(H,16,17)(H,18,19)/b21-20+. The van der Waals surface area contributed by atoms with Crippen molar-refractivity contribution in [1.29, 1.82) is 0 Å². The molecule has 0 saturated carbocycles. The summed E-state index contributed by atoms with van der Waals surface area (Å²) in [5.41, 5.74) is 6.00. The minimum Gasteiger partial charge on any atom is -0.461 e. The van der Waals surface area contributed by atoms with Gasteiger partial charge in [-0.3, -0.25) is 4.79 Å². The zero-order chi connectivity index (χ0) is 18.5. The van der Waals surface area contributed by atoms with Crippen LogP contribution in [0.25, 0.3) is 0 Å². The number of aromatic nitrogens is 4. The molecule has 1 saturated heterocycles. The molecule has 2 aromatic heterocycles. The number of amides is 1. The van der Waals surface area contributed by atoms with Crippen LogP contribution in [0.4, 0.5) is 17.6 Å². The van der Waals surface area contributed by atoms with Crippen LogP contribution in [0.5, 0.6) is 0 Å². The van der Waals surface area contributed by atoms with Crippen LogP contribution < -0.4 is 5.73 Å². The molecule has 3 rings (SSSR count). The van der Waals surface area contributed by atoms with Gasteiger partial charge in [0.25, 0.3) is 5.91 Å². The first-order valence-corrected chi connectivity index (χ1v) is 7.95. The molecule has 2 aromatic rings. The number of anilines is 1. The molecule has 1 amide bonds. The molecule has 0 aromatic carbocycles. The third kappa shape index (κ3) is 3.69. The number of carbonyl (C=O) groups is 2. The summed E-state index contributed by atoms with van der Waals surface area (Å²) in [5, 5.41) is 7.71. The summed E-state index contributed by atoms with van der Waals surface area (Å²) in [7, 11) is 0. The highest BCUT2D eigenvalue weighted by atomic mass is 16.5. The second-order valence-electron chi connectivity index (χ2n) is 5.25. The normalized spacial score (nSPS) is 14.7. The summed E-state index contributed by atoms with van der Waals surface area (Å²) >= 11 is 0. The van der Waals surface area contributed by atoms with Crippen LogP contribution in [0.3, 0.4) is 0 Å². The lowest BCUT2D eigenvalue weighted by Gasteiger charge is -2.26. The molecule has 1 fully saturated rings. The molecule has 0 radical (unpaired) electrons. The first-order chi connectivity index (χ1) is 12.6. The van der Waals surface area contributed by atoms with Crippen molar-refractivity contribution in [2.75, 3.05) is 38.6 Å². The Hall–Kier alpha value is -3.28. The van der Waals surface area contributed by atoms with E-state index in [1.807, 2.05) is 0 Å². The molecule has 0 unspecified atom stereocenters. The summed E-state index contributed by atoms with van der Waals surface area (Å²) in [5.74, 6) is -0.799. The molecule has 138 valence electrons. The van der Waals surface area contributed by atoms with Gasteiger partial charge in [0.05, 0.1) is 26.1 Å². The Morgan fingerprint density at radius 3 is 2.85 bits per heavy atom. The number of morpholine rings is 1. The average molecular weight is 362 g/mol. The van der Waals surface area contributed by atoms with Gasteiger partial charge in [-0.25, -0.2) is 9.78 Å². The fraction of sp³-hybridized carbons (Fsp3) is 0.429. The van der Waals surface area contributed by atoms with Crippen molar-refractivity contribution in [2.24, 2.45) is 10.2 Å². The van der Waals surface area contributed by atoms with E-state index in [0.717, 1.165) is 0 Å².